The van der Waals surface area contributed by atoms with E-state index < -0.39 is 5.91 Å². The van der Waals surface area contributed by atoms with Crippen molar-refractivity contribution >= 4 is 35.0 Å². The molecule has 0 radical (unpaired) electrons. The summed E-state index contributed by atoms with van der Waals surface area (Å²) < 4.78 is 5.30. The van der Waals surface area contributed by atoms with Crippen molar-refractivity contribution in [2.24, 2.45) is 4.99 Å². The van der Waals surface area contributed by atoms with Crippen molar-refractivity contribution in [1.29, 1.82) is 0 Å². The average Bonchev–Trinajstić information content (AvgIpc) is 3.08. The molecule has 0 saturated carbocycles. The number of nitrogens with one attached hydrogen (secondary N) is 2. The van der Waals surface area contributed by atoms with Crippen LogP contribution in [0.1, 0.15) is 31.8 Å². The molecule has 0 atom stereocenters. The van der Waals surface area contributed by atoms with Crippen molar-refractivity contribution in [2.75, 3.05) is 7.11 Å². The third-order valence-electron chi connectivity index (χ3n) is 5.50. The summed E-state index contributed by atoms with van der Waals surface area (Å²) in [4.78, 5) is 32.1. The molecule has 2 amide bonds. The van der Waals surface area contributed by atoms with E-state index in [1.807, 2.05) is 54.6 Å². The molecule has 172 valence electrons. The number of carbonyl (C=O) groups excluding carboxylic acids is 2. The summed E-state index contributed by atoms with van der Waals surface area (Å²) in [5.41, 5.74) is 9.23. The maximum Gasteiger partial charge on any atom is 0.269 e. The molecule has 1 heterocycles. The van der Waals surface area contributed by atoms with Gasteiger partial charge >= 0.3 is 0 Å². The van der Waals surface area contributed by atoms with E-state index in [1.54, 1.807) is 55.3 Å². The Balaban J connectivity index is 1.46. The minimum absolute atomic E-state index is 0.389. The van der Waals surface area contributed by atoms with Crippen molar-refractivity contribution in [3.8, 4) is 5.75 Å². The highest BCUT2D eigenvalue weighted by molar-refractivity contribution is 7.99. The van der Waals surface area contributed by atoms with Gasteiger partial charge in [0.2, 0.25) is 0 Å². The first kappa shape index (κ1) is 22.4. The molecule has 2 N–H and O–H groups in total. The van der Waals surface area contributed by atoms with Gasteiger partial charge in [-0.05, 0) is 60.7 Å². The van der Waals surface area contributed by atoms with Crippen molar-refractivity contribution in [3.63, 3.8) is 0 Å². The van der Waals surface area contributed by atoms with E-state index in [2.05, 4.69) is 16.9 Å². The number of nitrogens with zero attached hydrogens (tertiary/aromatic N) is 1. The fourth-order valence-electron chi connectivity index (χ4n) is 3.70. The zero-order valence-electron chi connectivity index (χ0n) is 18.8. The number of rotatable bonds is 4. The molecular weight excluding hydrogens is 458 g/mol. The van der Waals surface area contributed by atoms with Crippen LogP contribution in [0, 0.1) is 0 Å². The summed E-state index contributed by atoms with van der Waals surface area (Å²) in [5, 5.41) is 0. The molecule has 0 unspecified atom stereocenters. The normalized spacial score (nSPS) is 11.9. The van der Waals surface area contributed by atoms with Crippen LogP contribution in [-0.4, -0.2) is 24.6 Å². The Labute approximate surface area is 207 Å². The maximum absolute atomic E-state index is 12.8. The molecule has 5 rings (SSSR count). The van der Waals surface area contributed by atoms with Crippen LogP contribution in [0.25, 0.3) is 0 Å². The predicted molar refractivity (Wildman–Crippen MR) is 137 cm³/mol. The molecule has 1 aliphatic heterocycles. The lowest BCUT2D eigenvalue weighted by molar-refractivity contribution is 0.0846. The van der Waals surface area contributed by atoms with Gasteiger partial charge < -0.3 is 4.74 Å². The number of benzene rings is 4. The van der Waals surface area contributed by atoms with Crippen LogP contribution < -0.4 is 15.6 Å². The molecule has 0 saturated heterocycles. The second kappa shape index (κ2) is 9.87. The summed E-state index contributed by atoms with van der Waals surface area (Å²) in [6.45, 7) is 0. The maximum atomic E-state index is 12.8. The Hall–Kier alpha value is -4.36. The van der Waals surface area contributed by atoms with E-state index in [9.17, 15) is 9.59 Å². The minimum Gasteiger partial charge on any atom is -0.497 e. The second-order valence-electron chi connectivity index (χ2n) is 7.74. The van der Waals surface area contributed by atoms with E-state index in [4.69, 9.17) is 9.73 Å². The number of hydrogen-bond donors (Lipinski definition) is 2. The van der Waals surface area contributed by atoms with Gasteiger partial charge in [0.15, 0.2) is 0 Å². The van der Waals surface area contributed by atoms with Gasteiger partial charge in [0.1, 0.15) is 5.75 Å². The lowest BCUT2D eigenvalue weighted by atomic mass is 10.0. The summed E-state index contributed by atoms with van der Waals surface area (Å²) in [6, 6.07) is 29.9. The summed E-state index contributed by atoms with van der Waals surface area (Å²) in [7, 11) is 1.63. The fourth-order valence-corrected chi connectivity index (χ4v) is 4.70. The van der Waals surface area contributed by atoms with Crippen molar-refractivity contribution in [1.82, 2.24) is 10.9 Å². The average molecular weight is 480 g/mol. The molecule has 4 aromatic rings. The first-order chi connectivity index (χ1) is 17.1. The highest BCUT2D eigenvalue weighted by atomic mass is 32.2. The molecule has 0 fully saturated rings. The molecule has 0 aromatic heterocycles. The zero-order valence-corrected chi connectivity index (χ0v) is 19.6. The monoisotopic (exact) mass is 479 g/mol. The van der Waals surface area contributed by atoms with Gasteiger partial charge in [-0.1, -0.05) is 48.2 Å². The van der Waals surface area contributed by atoms with E-state index in [0.29, 0.717) is 16.8 Å². The first-order valence-electron chi connectivity index (χ1n) is 10.9. The molecule has 7 heteroatoms. The van der Waals surface area contributed by atoms with Gasteiger partial charge in [-0.15, -0.1) is 0 Å². The smallest absolute Gasteiger partial charge is 0.269 e. The molecular formula is C28H21N3O3S. The van der Waals surface area contributed by atoms with Gasteiger partial charge in [0.05, 0.1) is 18.5 Å². The molecule has 0 aliphatic carbocycles. The number of carbonyl (C=O) groups is 2. The molecule has 4 aromatic carbocycles. The van der Waals surface area contributed by atoms with E-state index in [-0.39, 0.29) is 5.91 Å². The summed E-state index contributed by atoms with van der Waals surface area (Å²) in [6.07, 6.45) is 0. The van der Waals surface area contributed by atoms with Gasteiger partial charge in [-0.25, -0.2) is 4.99 Å². The Kier molecular flexibility index (Phi) is 6.32. The Bertz CT molecular complexity index is 1430. The standard InChI is InChI=1S/C28H21N3O3S/c1-34-21-14-11-18(12-15-21)26-22-9-5-6-10-24(22)35-25-16-13-20(17-23(25)29-26)28(33)31-30-27(32)19-7-3-2-4-8-19/h2-17H,1H3,(H,30,32)(H,31,33). The Morgan fingerprint density at radius 2 is 1.43 bits per heavy atom. The number of fused-ring (bicyclic) bond motifs is 2. The zero-order chi connectivity index (χ0) is 24.2. The van der Waals surface area contributed by atoms with Gasteiger partial charge in [-0.2, -0.15) is 0 Å². The fraction of sp³-hybridized carbons (Fsp3) is 0.0357. The lowest BCUT2D eigenvalue weighted by Gasteiger charge is -2.10. The number of amides is 2. The SMILES string of the molecule is COc1ccc(C2=Nc3cc(C(=O)NNC(=O)c4ccccc4)ccc3Sc3ccccc32)cc1. The van der Waals surface area contributed by atoms with Crippen LogP contribution in [0.3, 0.4) is 0 Å². The van der Waals surface area contributed by atoms with Crippen LogP contribution in [0.4, 0.5) is 5.69 Å². The second-order valence-corrected chi connectivity index (χ2v) is 8.83. The molecule has 0 spiro atoms. The van der Waals surface area contributed by atoms with Crippen LogP contribution in [0.15, 0.2) is 112 Å². The van der Waals surface area contributed by atoms with Crippen LogP contribution >= 0.6 is 11.8 Å². The summed E-state index contributed by atoms with van der Waals surface area (Å²) >= 11 is 1.60. The van der Waals surface area contributed by atoms with Crippen molar-refractivity contribution in [3.05, 3.63) is 119 Å². The highest BCUT2D eigenvalue weighted by Gasteiger charge is 2.20. The largest absolute Gasteiger partial charge is 0.497 e. The predicted octanol–water partition coefficient (Wildman–Crippen LogP) is 5.40. The van der Waals surface area contributed by atoms with Gasteiger partial charge in [0, 0.05) is 32.0 Å². The number of hydrogen-bond acceptors (Lipinski definition) is 5. The lowest BCUT2D eigenvalue weighted by Crippen LogP contribution is -2.41. The topological polar surface area (TPSA) is 79.8 Å². The summed E-state index contributed by atoms with van der Waals surface area (Å²) in [5.74, 6) is -0.0490. The number of aliphatic imine (C=N–C) groups is 1. The van der Waals surface area contributed by atoms with Gasteiger partial charge in [0.25, 0.3) is 11.8 Å². The van der Waals surface area contributed by atoms with Crippen molar-refractivity contribution < 1.29 is 14.3 Å². The third kappa shape index (κ3) is 4.81. The van der Waals surface area contributed by atoms with Gasteiger partial charge in [-0.3, -0.25) is 20.4 Å². The Morgan fingerprint density at radius 1 is 0.743 bits per heavy atom. The van der Waals surface area contributed by atoms with Crippen LogP contribution in [0.5, 0.6) is 5.75 Å². The van der Waals surface area contributed by atoms with E-state index in [1.165, 1.54) is 0 Å². The highest BCUT2D eigenvalue weighted by Crippen LogP contribution is 2.41. The van der Waals surface area contributed by atoms with Crippen LogP contribution in [0.2, 0.25) is 0 Å². The van der Waals surface area contributed by atoms with E-state index in [0.717, 1.165) is 32.4 Å². The quantitative estimate of drug-likeness (QED) is 0.338. The Morgan fingerprint density at radius 3 is 2.17 bits per heavy atom. The molecule has 6 nitrogen and oxygen atoms in total. The molecule has 0 bridgehead atoms. The van der Waals surface area contributed by atoms with Crippen LogP contribution in [-0.2, 0) is 0 Å². The first-order valence-corrected chi connectivity index (χ1v) is 11.7. The molecule has 1 aliphatic rings. The number of hydrazine groups is 1. The third-order valence-corrected chi connectivity index (χ3v) is 6.65. The van der Waals surface area contributed by atoms with Crippen molar-refractivity contribution in [2.45, 2.75) is 9.79 Å². The molecule has 35 heavy (non-hydrogen) atoms. The minimum atomic E-state index is -0.426. The number of ether oxygens (including phenoxy) is 1. The number of methoxy groups -OCH3 is 1. The van der Waals surface area contributed by atoms with E-state index >= 15 is 0 Å².